The van der Waals surface area contributed by atoms with Crippen molar-refractivity contribution in [3.8, 4) is 0 Å². The van der Waals surface area contributed by atoms with E-state index < -0.39 is 18.0 Å². The molecule has 0 unspecified atom stereocenters. The Balaban J connectivity index is 2.56. The highest BCUT2D eigenvalue weighted by Gasteiger charge is 2.27. The van der Waals surface area contributed by atoms with E-state index in [0.29, 0.717) is 34.8 Å². The van der Waals surface area contributed by atoms with Gasteiger partial charge in [-0.15, -0.1) is 11.8 Å². The first-order valence-corrected chi connectivity index (χ1v) is 7.60. The van der Waals surface area contributed by atoms with Crippen LogP contribution in [0.5, 0.6) is 0 Å². The van der Waals surface area contributed by atoms with Crippen molar-refractivity contribution in [2.45, 2.75) is 31.3 Å². The first-order valence-electron chi connectivity index (χ1n) is 6.61. The number of benzene rings is 1. The molecule has 0 aliphatic heterocycles. The monoisotopic (exact) mass is 320 g/mol. The number of carbonyl (C=O) groups is 1. The highest BCUT2D eigenvalue weighted by molar-refractivity contribution is 7.99. The van der Waals surface area contributed by atoms with Crippen LogP contribution in [0.25, 0.3) is 0 Å². The van der Waals surface area contributed by atoms with Crippen LogP contribution >= 0.6 is 11.8 Å². The molecule has 2 amide bonds. The Kier molecular flexibility index (Phi) is 6.87. The minimum absolute atomic E-state index is 0.383. The van der Waals surface area contributed by atoms with Gasteiger partial charge in [-0.1, -0.05) is 26.0 Å². The van der Waals surface area contributed by atoms with Gasteiger partial charge in [0.15, 0.2) is 0 Å². The van der Waals surface area contributed by atoms with E-state index in [-0.39, 0.29) is 0 Å². The molecule has 1 aromatic carbocycles. The summed E-state index contributed by atoms with van der Waals surface area (Å²) in [5.41, 5.74) is 0.383. The average molecular weight is 320 g/mol. The molecule has 0 bridgehead atoms. The highest BCUT2D eigenvalue weighted by atomic mass is 32.2. The fourth-order valence-corrected chi connectivity index (χ4v) is 2.26. The number of carbonyl (C=O) groups excluding carboxylic acids is 1. The van der Waals surface area contributed by atoms with Crippen molar-refractivity contribution in [2.24, 2.45) is 5.92 Å². The maximum Gasteiger partial charge on any atom is 0.398 e. The van der Waals surface area contributed by atoms with Gasteiger partial charge in [0.1, 0.15) is 0 Å². The molecular formula is C14H19F3N2OS. The molecule has 7 heteroatoms. The van der Waals surface area contributed by atoms with Crippen LogP contribution in [0, 0.1) is 5.92 Å². The molecule has 0 fully saturated rings. The number of nitrogens with one attached hydrogen (secondary N) is 2. The zero-order valence-corrected chi connectivity index (χ0v) is 12.8. The van der Waals surface area contributed by atoms with Crippen LogP contribution in [0.15, 0.2) is 29.2 Å². The number of hydrogen-bond acceptors (Lipinski definition) is 2. The number of para-hydroxylation sites is 1. The molecule has 0 heterocycles. The number of amides is 2. The van der Waals surface area contributed by atoms with E-state index in [9.17, 15) is 18.0 Å². The standard InChI is InChI=1S/C14H19F3N2OS/c1-10(2)7-8-18-13(20)19-11-5-3-4-6-12(11)21-9-14(15,16)17/h3-6,10H,7-9H2,1-2H3,(H2,18,19,20). The lowest BCUT2D eigenvalue weighted by molar-refractivity contribution is -0.105. The third kappa shape index (κ3) is 7.84. The average Bonchev–Trinajstić information content (AvgIpc) is 2.36. The molecule has 1 aromatic rings. The van der Waals surface area contributed by atoms with Gasteiger partial charge in [-0.05, 0) is 24.5 Å². The van der Waals surface area contributed by atoms with E-state index in [1.165, 1.54) is 0 Å². The zero-order valence-electron chi connectivity index (χ0n) is 12.0. The fraction of sp³-hybridized carbons (Fsp3) is 0.500. The Bertz CT molecular complexity index is 464. The molecule has 0 aliphatic carbocycles. The third-order valence-corrected chi connectivity index (χ3v) is 3.67. The van der Waals surface area contributed by atoms with Crippen LogP contribution in [0.2, 0.25) is 0 Å². The Morgan fingerprint density at radius 1 is 1.29 bits per heavy atom. The van der Waals surface area contributed by atoms with Crippen LogP contribution in [0.4, 0.5) is 23.7 Å². The smallest absolute Gasteiger partial charge is 0.338 e. The SMILES string of the molecule is CC(C)CCNC(=O)Nc1ccccc1SCC(F)(F)F. The predicted molar refractivity (Wildman–Crippen MR) is 79.7 cm³/mol. The van der Waals surface area contributed by atoms with Gasteiger partial charge in [-0.25, -0.2) is 4.79 Å². The van der Waals surface area contributed by atoms with Gasteiger partial charge in [0.05, 0.1) is 11.4 Å². The lowest BCUT2D eigenvalue weighted by Gasteiger charge is -2.13. The minimum Gasteiger partial charge on any atom is -0.338 e. The Labute approximate surface area is 126 Å². The predicted octanol–water partition coefficient (Wildman–Crippen LogP) is 4.51. The van der Waals surface area contributed by atoms with Crippen molar-refractivity contribution in [2.75, 3.05) is 17.6 Å². The Morgan fingerprint density at radius 2 is 1.95 bits per heavy atom. The van der Waals surface area contributed by atoms with Gasteiger partial charge in [0.25, 0.3) is 0 Å². The number of rotatable bonds is 6. The molecule has 0 saturated heterocycles. The Morgan fingerprint density at radius 3 is 2.57 bits per heavy atom. The lowest BCUT2D eigenvalue weighted by Crippen LogP contribution is -2.30. The second-order valence-corrected chi connectivity index (χ2v) is 5.98. The van der Waals surface area contributed by atoms with Gasteiger partial charge in [-0.3, -0.25) is 0 Å². The summed E-state index contributed by atoms with van der Waals surface area (Å²) < 4.78 is 36.8. The maximum absolute atomic E-state index is 12.3. The summed E-state index contributed by atoms with van der Waals surface area (Å²) in [6, 6.07) is 6.04. The summed E-state index contributed by atoms with van der Waals surface area (Å²) in [5, 5.41) is 5.26. The van der Waals surface area contributed by atoms with Crippen LogP contribution in [-0.4, -0.2) is 24.5 Å². The molecule has 0 atom stereocenters. The van der Waals surface area contributed by atoms with E-state index in [0.717, 1.165) is 6.42 Å². The second-order valence-electron chi connectivity index (χ2n) is 4.96. The normalized spacial score (nSPS) is 11.5. The van der Waals surface area contributed by atoms with Gasteiger partial charge >= 0.3 is 12.2 Å². The maximum atomic E-state index is 12.3. The van der Waals surface area contributed by atoms with Gasteiger partial charge < -0.3 is 10.6 Å². The molecule has 3 nitrogen and oxygen atoms in total. The zero-order chi connectivity index (χ0) is 15.9. The van der Waals surface area contributed by atoms with Crippen molar-refractivity contribution in [3.63, 3.8) is 0 Å². The van der Waals surface area contributed by atoms with Crippen molar-refractivity contribution in [3.05, 3.63) is 24.3 Å². The summed E-state index contributed by atoms with van der Waals surface area (Å²) in [6.45, 7) is 4.62. The van der Waals surface area contributed by atoms with Crippen LogP contribution in [0.3, 0.4) is 0 Å². The molecule has 2 N–H and O–H groups in total. The molecule has 0 saturated carbocycles. The van der Waals surface area contributed by atoms with E-state index >= 15 is 0 Å². The van der Waals surface area contributed by atoms with Crippen LogP contribution in [-0.2, 0) is 0 Å². The highest BCUT2D eigenvalue weighted by Crippen LogP contribution is 2.31. The van der Waals surface area contributed by atoms with Gasteiger partial charge in [-0.2, -0.15) is 13.2 Å². The summed E-state index contributed by atoms with van der Waals surface area (Å²) in [6.07, 6.45) is -3.39. The molecule has 1 rings (SSSR count). The minimum atomic E-state index is -4.24. The first-order chi connectivity index (χ1) is 9.78. The van der Waals surface area contributed by atoms with E-state index in [2.05, 4.69) is 10.6 Å². The Hall–Kier alpha value is -1.37. The third-order valence-electron chi connectivity index (χ3n) is 2.53. The van der Waals surface area contributed by atoms with Gasteiger partial charge in [0.2, 0.25) is 0 Å². The number of halogens is 3. The number of alkyl halides is 3. The summed E-state index contributed by atoms with van der Waals surface area (Å²) in [5.74, 6) is -0.513. The van der Waals surface area contributed by atoms with Crippen molar-refractivity contribution < 1.29 is 18.0 Å². The van der Waals surface area contributed by atoms with E-state index in [1.807, 2.05) is 13.8 Å². The molecule has 118 valence electrons. The first kappa shape index (κ1) is 17.7. The van der Waals surface area contributed by atoms with Crippen molar-refractivity contribution in [1.82, 2.24) is 5.32 Å². The molecule has 0 radical (unpaired) electrons. The number of urea groups is 1. The number of anilines is 1. The van der Waals surface area contributed by atoms with Crippen LogP contribution in [0.1, 0.15) is 20.3 Å². The van der Waals surface area contributed by atoms with Crippen molar-refractivity contribution >= 4 is 23.5 Å². The van der Waals surface area contributed by atoms with E-state index in [4.69, 9.17) is 0 Å². The van der Waals surface area contributed by atoms with Crippen molar-refractivity contribution in [1.29, 1.82) is 0 Å². The number of thioether (sulfide) groups is 1. The van der Waals surface area contributed by atoms with E-state index in [1.54, 1.807) is 24.3 Å². The fourth-order valence-electron chi connectivity index (χ4n) is 1.50. The van der Waals surface area contributed by atoms with Crippen LogP contribution < -0.4 is 10.6 Å². The molecule has 0 aromatic heterocycles. The number of hydrogen-bond donors (Lipinski definition) is 2. The second kappa shape index (κ2) is 8.17. The largest absolute Gasteiger partial charge is 0.398 e. The molecular weight excluding hydrogens is 301 g/mol. The summed E-state index contributed by atoms with van der Waals surface area (Å²) >= 11 is 0.657. The molecule has 0 aliphatic rings. The molecule has 21 heavy (non-hydrogen) atoms. The lowest BCUT2D eigenvalue weighted by atomic mass is 10.1. The summed E-state index contributed by atoms with van der Waals surface area (Å²) in [4.78, 5) is 12.1. The summed E-state index contributed by atoms with van der Waals surface area (Å²) in [7, 11) is 0. The molecule has 0 spiro atoms. The topological polar surface area (TPSA) is 41.1 Å². The van der Waals surface area contributed by atoms with Gasteiger partial charge in [0, 0.05) is 11.4 Å². The quantitative estimate of drug-likeness (QED) is 0.757.